The molecule has 0 atom stereocenters. The zero-order chi connectivity index (χ0) is 10.6. The van der Waals surface area contributed by atoms with Crippen molar-refractivity contribution in [2.45, 2.75) is 39.5 Å². The maximum absolute atomic E-state index is 9.76. The summed E-state index contributed by atoms with van der Waals surface area (Å²) < 4.78 is 0. The van der Waals surface area contributed by atoms with Crippen LogP contribution in [0, 0.1) is 0 Å². The normalized spacial score (nSPS) is 10.2. The van der Waals surface area contributed by atoms with Gasteiger partial charge in [-0.1, -0.05) is 26.7 Å². The first kappa shape index (κ1) is 13.3. The second-order valence-electron chi connectivity index (χ2n) is 3.41. The molecule has 0 saturated heterocycles. The van der Waals surface area contributed by atoms with Crippen LogP contribution >= 0.6 is 0 Å². The molecule has 14 heavy (non-hydrogen) atoms. The summed E-state index contributed by atoms with van der Waals surface area (Å²) in [5.74, 6) is 0. The van der Waals surface area contributed by atoms with Gasteiger partial charge in [0, 0.05) is 0 Å². The fourth-order valence-corrected chi connectivity index (χ4v) is 1.47. The third-order valence-electron chi connectivity index (χ3n) is 2.45. The lowest BCUT2D eigenvalue weighted by Gasteiger charge is -2.17. The van der Waals surface area contributed by atoms with E-state index in [1.54, 1.807) is 6.08 Å². The summed E-state index contributed by atoms with van der Waals surface area (Å²) in [6, 6.07) is 0. The molecule has 3 heteroatoms. The fraction of sp³-hybridized carbons (Fsp3) is 0.909. The maximum Gasteiger partial charge on any atom is 0.234 e. The van der Waals surface area contributed by atoms with Gasteiger partial charge in [-0.3, -0.25) is 0 Å². The second-order valence-corrected chi connectivity index (χ2v) is 3.41. The van der Waals surface area contributed by atoms with Gasteiger partial charge in [0.15, 0.2) is 0 Å². The van der Waals surface area contributed by atoms with Crippen LogP contribution in [0.2, 0.25) is 0 Å². The highest BCUT2D eigenvalue weighted by atomic mass is 16.1. The van der Waals surface area contributed by atoms with E-state index in [1.807, 2.05) is 0 Å². The SMILES string of the molecule is CCN(CC)CCCCCCN=C=O. The molecule has 0 saturated carbocycles. The van der Waals surface area contributed by atoms with E-state index in [0.29, 0.717) is 6.54 Å². The first-order valence-electron chi connectivity index (χ1n) is 5.61. The van der Waals surface area contributed by atoms with Crippen LogP contribution in [0.1, 0.15) is 39.5 Å². The lowest BCUT2D eigenvalue weighted by molar-refractivity contribution is 0.295. The van der Waals surface area contributed by atoms with E-state index in [0.717, 1.165) is 19.5 Å². The number of rotatable bonds is 9. The van der Waals surface area contributed by atoms with Gasteiger partial charge in [0.2, 0.25) is 6.08 Å². The van der Waals surface area contributed by atoms with Crippen molar-refractivity contribution in [3.63, 3.8) is 0 Å². The van der Waals surface area contributed by atoms with Crippen LogP contribution < -0.4 is 0 Å². The molecule has 0 bridgehead atoms. The lowest BCUT2D eigenvalue weighted by Crippen LogP contribution is -2.23. The van der Waals surface area contributed by atoms with E-state index in [1.165, 1.54) is 25.8 Å². The number of hydrogen-bond acceptors (Lipinski definition) is 3. The predicted octanol–water partition coefficient (Wildman–Crippen LogP) is 2.22. The number of nitrogens with zero attached hydrogens (tertiary/aromatic N) is 2. The van der Waals surface area contributed by atoms with E-state index in [2.05, 4.69) is 23.7 Å². The Labute approximate surface area is 87.2 Å². The minimum Gasteiger partial charge on any atom is -0.304 e. The van der Waals surface area contributed by atoms with E-state index in [-0.39, 0.29) is 0 Å². The molecule has 0 N–H and O–H groups in total. The smallest absolute Gasteiger partial charge is 0.234 e. The summed E-state index contributed by atoms with van der Waals surface area (Å²) in [5, 5.41) is 0. The van der Waals surface area contributed by atoms with Gasteiger partial charge in [0.1, 0.15) is 0 Å². The summed E-state index contributed by atoms with van der Waals surface area (Å²) >= 11 is 0. The van der Waals surface area contributed by atoms with Crippen LogP contribution in [0.4, 0.5) is 0 Å². The molecule has 0 spiro atoms. The van der Waals surface area contributed by atoms with E-state index in [4.69, 9.17) is 0 Å². The molecule has 0 amide bonds. The molecule has 0 heterocycles. The quantitative estimate of drug-likeness (QED) is 0.323. The van der Waals surface area contributed by atoms with Crippen molar-refractivity contribution in [2.24, 2.45) is 4.99 Å². The second kappa shape index (κ2) is 10.4. The lowest BCUT2D eigenvalue weighted by atomic mass is 10.2. The highest BCUT2D eigenvalue weighted by molar-refractivity contribution is 5.32. The van der Waals surface area contributed by atoms with Gasteiger partial charge in [0.25, 0.3) is 0 Å². The van der Waals surface area contributed by atoms with E-state index >= 15 is 0 Å². The molecule has 0 aliphatic carbocycles. The third-order valence-corrected chi connectivity index (χ3v) is 2.45. The molecule has 0 aliphatic rings. The molecule has 0 unspecified atom stereocenters. The van der Waals surface area contributed by atoms with Gasteiger partial charge in [-0.25, -0.2) is 9.79 Å². The first-order chi connectivity index (χ1) is 6.85. The predicted molar refractivity (Wildman–Crippen MR) is 59.2 cm³/mol. The zero-order valence-electron chi connectivity index (χ0n) is 9.46. The molecular formula is C11H22N2O. The van der Waals surface area contributed by atoms with Crippen LogP contribution in [0.25, 0.3) is 0 Å². The van der Waals surface area contributed by atoms with Crippen LogP contribution in [-0.2, 0) is 4.79 Å². The van der Waals surface area contributed by atoms with Crippen LogP contribution in [-0.4, -0.2) is 37.2 Å². The Morgan fingerprint density at radius 1 is 1.07 bits per heavy atom. The molecule has 0 aromatic heterocycles. The summed E-state index contributed by atoms with van der Waals surface area (Å²) in [4.78, 5) is 15.7. The molecular weight excluding hydrogens is 176 g/mol. The largest absolute Gasteiger partial charge is 0.304 e. The highest BCUT2D eigenvalue weighted by Gasteiger charge is 1.97. The highest BCUT2D eigenvalue weighted by Crippen LogP contribution is 2.01. The van der Waals surface area contributed by atoms with Crippen LogP contribution in [0.3, 0.4) is 0 Å². The zero-order valence-corrected chi connectivity index (χ0v) is 9.46. The van der Waals surface area contributed by atoms with Gasteiger partial charge in [-0.05, 0) is 32.5 Å². The Morgan fingerprint density at radius 2 is 1.71 bits per heavy atom. The molecule has 0 aromatic rings. The van der Waals surface area contributed by atoms with Crippen molar-refractivity contribution in [2.75, 3.05) is 26.2 Å². The van der Waals surface area contributed by atoms with Crippen molar-refractivity contribution in [3.8, 4) is 0 Å². The number of carbonyl (C=O) groups excluding carboxylic acids is 1. The minimum atomic E-state index is 0.648. The van der Waals surface area contributed by atoms with Crippen LogP contribution in [0.5, 0.6) is 0 Å². The Morgan fingerprint density at radius 3 is 2.29 bits per heavy atom. The molecule has 0 radical (unpaired) electrons. The standard InChI is InChI=1S/C11H22N2O/c1-3-13(4-2)10-8-6-5-7-9-12-11-14/h3-10H2,1-2H3. The maximum atomic E-state index is 9.76. The van der Waals surface area contributed by atoms with Gasteiger partial charge >= 0.3 is 0 Å². The molecule has 0 fully saturated rings. The number of unbranched alkanes of at least 4 members (excludes halogenated alkanes) is 3. The fourth-order valence-electron chi connectivity index (χ4n) is 1.47. The van der Waals surface area contributed by atoms with Crippen molar-refractivity contribution >= 4 is 6.08 Å². The topological polar surface area (TPSA) is 32.7 Å². The number of aliphatic imine (C=N–C) groups is 1. The molecule has 0 rings (SSSR count). The van der Waals surface area contributed by atoms with Crippen LogP contribution in [0.15, 0.2) is 4.99 Å². The average Bonchev–Trinajstić information content (AvgIpc) is 2.22. The van der Waals surface area contributed by atoms with Gasteiger partial charge in [0.05, 0.1) is 6.54 Å². The monoisotopic (exact) mass is 198 g/mol. The molecule has 3 nitrogen and oxygen atoms in total. The molecule has 0 aliphatic heterocycles. The summed E-state index contributed by atoms with van der Waals surface area (Å²) in [6.45, 7) is 8.53. The number of isocyanates is 1. The van der Waals surface area contributed by atoms with E-state index < -0.39 is 0 Å². The van der Waals surface area contributed by atoms with Gasteiger partial charge < -0.3 is 4.90 Å². The third kappa shape index (κ3) is 7.96. The van der Waals surface area contributed by atoms with Crippen molar-refractivity contribution < 1.29 is 4.79 Å². The van der Waals surface area contributed by atoms with Crippen molar-refractivity contribution in [1.82, 2.24) is 4.90 Å². The Kier molecular flexibility index (Phi) is 9.93. The van der Waals surface area contributed by atoms with Gasteiger partial charge in [-0.15, -0.1) is 0 Å². The molecule has 82 valence electrons. The summed E-state index contributed by atoms with van der Waals surface area (Å²) in [6.07, 6.45) is 6.25. The first-order valence-corrected chi connectivity index (χ1v) is 5.61. The van der Waals surface area contributed by atoms with Crippen molar-refractivity contribution in [1.29, 1.82) is 0 Å². The van der Waals surface area contributed by atoms with Gasteiger partial charge in [-0.2, -0.15) is 0 Å². The average molecular weight is 198 g/mol. The van der Waals surface area contributed by atoms with Crippen molar-refractivity contribution in [3.05, 3.63) is 0 Å². The Bertz CT molecular complexity index is 161. The Balaban J connectivity index is 3.15. The Hall–Kier alpha value is -0.660. The number of hydrogen-bond donors (Lipinski definition) is 0. The molecule has 0 aromatic carbocycles. The summed E-state index contributed by atoms with van der Waals surface area (Å²) in [5.41, 5.74) is 0. The minimum absolute atomic E-state index is 0.648. The summed E-state index contributed by atoms with van der Waals surface area (Å²) in [7, 11) is 0. The van der Waals surface area contributed by atoms with E-state index in [9.17, 15) is 4.79 Å².